The first kappa shape index (κ1) is 20.1. The average Bonchev–Trinajstić information content (AvgIpc) is 2.68. The SMILES string of the molecule is CN(C)CCN1C[C@]2(CCCN(C(=O)CSc3ccccn3)C2)CCC1=O. The molecule has 0 saturated carbocycles. The minimum atomic E-state index is 0.0732. The Hall–Kier alpha value is -1.60. The largest absolute Gasteiger partial charge is 0.341 e. The molecule has 6 nitrogen and oxygen atoms in total. The van der Waals surface area contributed by atoms with Gasteiger partial charge in [-0.1, -0.05) is 17.8 Å². The van der Waals surface area contributed by atoms with E-state index in [4.69, 9.17) is 0 Å². The number of carbonyl (C=O) groups is 2. The van der Waals surface area contributed by atoms with Crippen LogP contribution in [0.1, 0.15) is 25.7 Å². The van der Waals surface area contributed by atoms with Crippen molar-refractivity contribution in [3.05, 3.63) is 24.4 Å². The third-order valence-corrected chi connectivity index (χ3v) is 6.49. The standard InChI is InChI=1S/C20H30N4O2S/c1-22(2)12-13-24-16-20(9-7-18(24)25)8-5-11-23(15-20)19(26)14-27-17-6-3-4-10-21-17/h3-4,6,10H,5,7-9,11-16H2,1-2H3/t20-/m1/s1. The molecule has 7 heteroatoms. The van der Waals surface area contributed by atoms with Gasteiger partial charge in [0, 0.05) is 50.8 Å². The summed E-state index contributed by atoms with van der Waals surface area (Å²) in [5.41, 5.74) is 0.0732. The maximum atomic E-state index is 12.7. The fourth-order valence-corrected chi connectivity index (χ4v) is 4.80. The van der Waals surface area contributed by atoms with Gasteiger partial charge in [-0.3, -0.25) is 9.59 Å². The van der Waals surface area contributed by atoms with Crippen LogP contribution in [0.5, 0.6) is 0 Å². The quantitative estimate of drug-likeness (QED) is 0.695. The maximum absolute atomic E-state index is 12.7. The zero-order valence-corrected chi connectivity index (χ0v) is 17.2. The Morgan fingerprint density at radius 2 is 2.15 bits per heavy atom. The van der Waals surface area contributed by atoms with Crippen molar-refractivity contribution in [2.75, 3.05) is 52.6 Å². The summed E-state index contributed by atoms with van der Waals surface area (Å²) < 4.78 is 0. The number of hydrogen-bond donors (Lipinski definition) is 0. The normalized spacial score (nSPS) is 23.3. The molecule has 0 bridgehead atoms. The Morgan fingerprint density at radius 3 is 2.89 bits per heavy atom. The number of carbonyl (C=O) groups excluding carboxylic acids is 2. The molecular weight excluding hydrogens is 360 g/mol. The molecule has 0 N–H and O–H groups in total. The summed E-state index contributed by atoms with van der Waals surface area (Å²) in [6, 6.07) is 5.76. The van der Waals surface area contributed by atoms with E-state index in [9.17, 15) is 9.59 Å². The zero-order chi connectivity index (χ0) is 19.3. The highest BCUT2D eigenvalue weighted by Gasteiger charge is 2.42. The van der Waals surface area contributed by atoms with E-state index in [2.05, 4.69) is 9.88 Å². The molecule has 0 aliphatic carbocycles. The molecule has 0 radical (unpaired) electrons. The summed E-state index contributed by atoms with van der Waals surface area (Å²) in [4.78, 5) is 35.5. The van der Waals surface area contributed by atoms with Crippen molar-refractivity contribution in [1.82, 2.24) is 19.7 Å². The minimum absolute atomic E-state index is 0.0732. The number of rotatable bonds is 6. The van der Waals surface area contributed by atoms with Gasteiger partial charge in [-0.15, -0.1) is 0 Å². The van der Waals surface area contributed by atoms with E-state index >= 15 is 0 Å². The summed E-state index contributed by atoms with van der Waals surface area (Å²) in [5, 5.41) is 0.885. The molecule has 2 amide bonds. The molecular formula is C20H30N4O2S. The number of likely N-dealkylation sites (tertiary alicyclic amines) is 2. The summed E-state index contributed by atoms with van der Waals surface area (Å²) in [5.74, 6) is 0.870. The van der Waals surface area contributed by atoms with Gasteiger partial charge < -0.3 is 14.7 Å². The van der Waals surface area contributed by atoms with Crippen molar-refractivity contribution in [3.63, 3.8) is 0 Å². The first-order valence-electron chi connectivity index (χ1n) is 9.72. The maximum Gasteiger partial charge on any atom is 0.233 e. The Kier molecular flexibility index (Phi) is 6.76. The van der Waals surface area contributed by atoms with Gasteiger partial charge in [-0.2, -0.15) is 0 Å². The highest BCUT2D eigenvalue weighted by molar-refractivity contribution is 7.99. The molecule has 2 saturated heterocycles. The van der Waals surface area contributed by atoms with Crippen LogP contribution in [0.25, 0.3) is 0 Å². The first-order valence-corrected chi connectivity index (χ1v) is 10.7. The summed E-state index contributed by atoms with van der Waals surface area (Å²) in [6.07, 6.45) is 5.40. The molecule has 3 rings (SSSR count). The fraction of sp³-hybridized carbons (Fsp3) is 0.650. The molecule has 1 atom stereocenters. The number of piperidine rings is 2. The summed E-state index contributed by atoms with van der Waals surface area (Å²) in [6.45, 7) is 4.05. The van der Waals surface area contributed by atoms with Crippen molar-refractivity contribution in [2.24, 2.45) is 5.41 Å². The van der Waals surface area contributed by atoms with Crippen LogP contribution < -0.4 is 0 Å². The lowest BCUT2D eigenvalue weighted by Gasteiger charge is -2.48. The van der Waals surface area contributed by atoms with Gasteiger partial charge in [-0.05, 0) is 45.5 Å². The second kappa shape index (κ2) is 9.06. The van der Waals surface area contributed by atoms with E-state index in [-0.39, 0.29) is 17.2 Å². The van der Waals surface area contributed by atoms with Gasteiger partial charge in [0.15, 0.2) is 0 Å². The van der Waals surface area contributed by atoms with E-state index in [0.717, 1.165) is 57.0 Å². The van der Waals surface area contributed by atoms with Gasteiger partial charge in [0.05, 0.1) is 10.8 Å². The van der Waals surface area contributed by atoms with Crippen LogP contribution in [0.2, 0.25) is 0 Å². The Bertz CT molecular complexity index is 655. The Labute approximate surface area is 166 Å². The fourth-order valence-electron chi connectivity index (χ4n) is 4.04. The topological polar surface area (TPSA) is 56.8 Å². The Morgan fingerprint density at radius 1 is 1.30 bits per heavy atom. The zero-order valence-electron chi connectivity index (χ0n) is 16.4. The third-order valence-electron chi connectivity index (χ3n) is 5.56. The number of hydrogen-bond acceptors (Lipinski definition) is 5. The second-order valence-corrected chi connectivity index (χ2v) is 8.99. The number of amides is 2. The van der Waals surface area contributed by atoms with Crippen LogP contribution in [-0.2, 0) is 9.59 Å². The molecule has 1 aromatic heterocycles. The highest BCUT2D eigenvalue weighted by Crippen LogP contribution is 2.39. The van der Waals surface area contributed by atoms with Gasteiger partial charge in [0.1, 0.15) is 0 Å². The van der Waals surface area contributed by atoms with Crippen LogP contribution in [0.3, 0.4) is 0 Å². The molecule has 2 fully saturated rings. The van der Waals surface area contributed by atoms with Crippen molar-refractivity contribution in [2.45, 2.75) is 30.7 Å². The number of aromatic nitrogens is 1. The van der Waals surface area contributed by atoms with E-state index in [1.807, 2.05) is 42.1 Å². The Balaban J connectivity index is 1.57. The monoisotopic (exact) mass is 390 g/mol. The van der Waals surface area contributed by atoms with Crippen molar-refractivity contribution >= 4 is 23.6 Å². The van der Waals surface area contributed by atoms with E-state index in [0.29, 0.717) is 12.2 Å². The van der Waals surface area contributed by atoms with Crippen LogP contribution in [0, 0.1) is 5.41 Å². The lowest BCUT2D eigenvalue weighted by molar-refractivity contribution is -0.142. The van der Waals surface area contributed by atoms with Gasteiger partial charge in [0.2, 0.25) is 11.8 Å². The van der Waals surface area contributed by atoms with E-state index in [1.54, 1.807) is 6.20 Å². The van der Waals surface area contributed by atoms with Gasteiger partial charge in [-0.25, -0.2) is 4.98 Å². The molecule has 27 heavy (non-hydrogen) atoms. The predicted octanol–water partition coefficient (Wildman–Crippen LogP) is 1.97. The van der Waals surface area contributed by atoms with Crippen LogP contribution >= 0.6 is 11.8 Å². The number of nitrogens with zero attached hydrogens (tertiary/aromatic N) is 4. The predicted molar refractivity (Wildman–Crippen MR) is 108 cm³/mol. The molecule has 2 aliphatic heterocycles. The lowest BCUT2D eigenvalue weighted by Crippen LogP contribution is -2.56. The van der Waals surface area contributed by atoms with Gasteiger partial charge >= 0.3 is 0 Å². The summed E-state index contributed by atoms with van der Waals surface area (Å²) >= 11 is 1.50. The van der Waals surface area contributed by atoms with Crippen molar-refractivity contribution < 1.29 is 9.59 Å². The molecule has 2 aliphatic rings. The van der Waals surface area contributed by atoms with Crippen LogP contribution in [-0.4, -0.2) is 84.1 Å². The number of pyridine rings is 1. The lowest BCUT2D eigenvalue weighted by atomic mass is 9.73. The molecule has 3 heterocycles. The molecule has 0 unspecified atom stereocenters. The smallest absolute Gasteiger partial charge is 0.233 e. The van der Waals surface area contributed by atoms with E-state index in [1.165, 1.54) is 11.8 Å². The van der Waals surface area contributed by atoms with Crippen LogP contribution in [0.15, 0.2) is 29.4 Å². The number of thioether (sulfide) groups is 1. The number of likely N-dealkylation sites (N-methyl/N-ethyl adjacent to an activating group) is 1. The minimum Gasteiger partial charge on any atom is -0.341 e. The summed E-state index contributed by atoms with van der Waals surface area (Å²) in [7, 11) is 4.06. The van der Waals surface area contributed by atoms with Gasteiger partial charge in [0.25, 0.3) is 0 Å². The van der Waals surface area contributed by atoms with E-state index < -0.39 is 0 Å². The van der Waals surface area contributed by atoms with Crippen molar-refractivity contribution in [1.29, 1.82) is 0 Å². The first-order chi connectivity index (χ1) is 13.0. The van der Waals surface area contributed by atoms with Crippen molar-refractivity contribution in [3.8, 4) is 0 Å². The molecule has 1 aromatic rings. The molecule has 1 spiro atoms. The molecule has 0 aromatic carbocycles. The average molecular weight is 391 g/mol. The third kappa shape index (κ3) is 5.45. The van der Waals surface area contributed by atoms with Crippen LogP contribution in [0.4, 0.5) is 0 Å². The second-order valence-electron chi connectivity index (χ2n) is 7.99. The highest BCUT2D eigenvalue weighted by atomic mass is 32.2. The molecule has 148 valence electrons.